The van der Waals surface area contributed by atoms with Crippen LogP contribution in [-0.4, -0.2) is 23.5 Å². The summed E-state index contributed by atoms with van der Waals surface area (Å²) in [6.07, 6.45) is 0. The number of anilines is 2. The van der Waals surface area contributed by atoms with Gasteiger partial charge in [0.25, 0.3) is 11.8 Å². The first-order valence-electron chi connectivity index (χ1n) is 9.05. The van der Waals surface area contributed by atoms with Gasteiger partial charge in [-0.15, -0.1) is 0 Å². The van der Waals surface area contributed by atoms with Gasteiger partial charge >= 0.3 is 0 Å². The lowest BCUT2D eigenvalue weighted by Gasteiger charge is -2.10. The molecule has 144 valence electrons. The number of ether oxygens (including phenoxy) is 1. The zero-order valence-electron chi connectivity index (χ0n) is 15.8. The molecule has 29 heavy (non-hydrogen) atoms. The van der Waals surface area contributed by atoms with Gasteiger partial charge in [-0.2, -0.15) is 0 Å². The molecule has 0 atom stereocenters. The molecule has 0 radical (unpaired) electrons. The third kappa shape index (κ3) is 3.21. The van der Waals surface area contributed by atoms with Crippen LogP contribution in [-0.2, 0) is 0 Å². The summed E-state index contributed by atoms with van der Waals surface area (Å²) in [6, 6.07) is 23.1. The second-order valence-corrected chi connectivity index (χ2v) is 6.44. The zero-order chi connectivity index (χ0) is 20.4. The number of fused-ring (bicyclic) bond motifs is 1. The lowest BCUT2D eigenvalue weighted by atomic mass is 10.1. The van der Waals surface area contributed by atoms with Crippen molar-refractivity contribution < 1.29 is 14.3 Å². The average molecular weight is 385 g/mol. The lowest BCUT2D eigenvalue weighted by Crippen LogP contribution is -2.18. The minimum atomic E-state index is -0.414. The molecule has 3 aromatic carbocycles. The predicted octanol–water partition coefficient (Wildman–Crippen LogP) is 4.17. The van der Waals surface area contributed by atoms with Crippen LogP contribution in [0.3, 0.4) is 0 Å². The van der Waals surface area contributed by atoms with Gasteiger partial charge in [0.05, 0.1) is 23.9 Å². The Balaban J connectivity index is 1.83. The number of aromatic nitrogens is 1. The number of amides is 1. The van der Waals surface area contributed by atoms with Gasteiger partial charge in [0, 0.05) is 10.9 Å². The van der Waals surface area contributed by atoms with Crippen LogP contribution in [0.5, 0.6) is 5.75 Å². The predicted molar refractivity (Wildman–Crippen MR) is 113 cm³/mol. The Morgan fingerprint density at radius 1 is 0.897 bits per heavy atom. The van der Waals surface area contributed by atoms with Crippen molar-refractivity contribution in [2.24, 2.45) is 0 Å². The molecule has 0 saturated carbocycles. The van der Waals surface area contributed by atoms with Crippen LogP contribution >= 0.6 is 0 Å². The third-order valence-corrected chi connectivity index (χ3v) is 4.72. The Hall–Kier alpha value is -4.06. The van der Waals surface area contributed by atoms with E-state index in [4.69, 9.17) is 10.5 Å². The van der Waals surface area contributed by atoms with Crippen LogP contribution in [0.2, 0.25) is 0 Å². The number of carbonyl (C=O) groups is 2. The SMILES string of the molecule is COc1ccccc1NC(=O)c1c(N)n(C(=O)c2ccccc2)c2ccccc12. The molecule has 1 heterocycles. The normalized spacial score (nSPS) is 10.7. The van der Waals surface area contributed by atoms with Crippen molar-refractivity contribution in [1.82, 2.24) is 4.57 Å². The van der Waals surface area contributed by atoms with Gasteiger partial charge in [-0.3, -0.25) is 14.2 Å². The number of hydrogen-bond donors (Lipinski definition) is 2. The quantitative estimate of drug-likeness (QED) is 0.552. The van der Waals surface area contributed by atoms with E-state index >= 15 is 0 Å². The van der Waals surface area contributed by atoms with Crippen molar-refractivity contribution in [3.05, 3.63) is 90.0 Å². The standard InChI is InChI=1S/C23H19N3O3/c1-29-19-14-8-6-12-17(19)25-22(27)20-16-11-5-7-13-18(16)26(21(20)24)23(28)15-9-3-2-4-10-15/h2-14H,24H2,1H3,(H,25,27). The van der Waals surface area contributed by atoms with E-state index in [2.05, 4.69) is 5.32 Å². The number of hydrogen-bond acceptors (Lipinski definition) is 4. The second-order valence-electron chi connectivity index (χ2n) is 6.44. The number of para-hydroxylation sites is 3. The van der Waals surface area contributed by atoms with Gasteiger partial charge in [0.2, 0.25) is 0 Å². The molecule has 6 nitrogen and oxygen atoms in total. The van der Waals surface area contributed by atoms with E-state index in [1.807, 2.05) is 12.1 Å². The van der Waals surface area contributed by atoms with Gasteiger partial charge in [-0.25, -0.2) is 0 Å². The summed E-state index contributed by atoms with van der Waals surface area (Å²) in [5, 5.41) is 3.43. The molecular formula is C23H19N3O3. The van der Waals surface area contributed by atoms with Gasteiger partial charge < -0.3 is 15.8 Å². The van der Waals surface area contributed by atoms with Crippen LogP contribution < -0.4 is 15.8 Å². The maximum atomic E-state index is 13.1. The maximum absolute atomic E-state index is 13.1. The first-order valence-corrected chi connectivity index (χ1v) is 9.05. The van der Waals surface area contributed by atoms with E-state index in [0.29, 0.717) is 27.9 Å². The topological polar surface area (TPSA) is 86.3 Å². The molecule has 1 amide bonds. The number of rotatable bonds is 4. The highest BCUT2D eigenvalue weighted by Crippen LogP contribution is 2.31. The molecule has 4 rings (SSSR count). The van der Waals surface area contributed by atoms with Crippen molar-refractivity contribution in [1.29, 1.82) is 0 Å². The first-order chi connectivity index (χ1) is 14.1. The smallest absolute Gasteiger partial charge is 0.263 e. The number of nitrogens with one attached hydrogen (secondary N) is 1. The molecule has 3 N–H and O–H groups in total. The average Bonchev–Trinajstić information content (AvgIpc) is 3.06. The van der Waals surface area contributed by atoms with E-state index in [1.165, 1.54) is 11.7 Å². The van der Waals surface area contributed by atoms with Crippen molar-refractivity contribution in [3.8, 4) is 5.75 Å². The minimum Gasteiger partial charge on any atom is -0.495 e. The van der Waals surface area contributed by atoms with Gasteiger partial charge in [0.1, 0.15) is 11.6 Å². The Bertz CT molecular complexity index is 1210. The highest BCUT2D eigenvalue weighted by Gasteiger charge is 2.25. The van der Waals surface area contributed by atoms with Gasteiger partial charge in [0.15, 0.2) is 0 Å². The summed E-state index contributed by atoms with van der Waals surface area (Å²) >= 11 is 0. The fourth-order valence-electron chi connectivity index (χ4n) is 3.36. The van der Waals surface area contributed by atoms with Crippen LogP contribution in [0, 0.1) is 0 Å². The lowest BCUT2D eigenvalue weighted by molar-refractivity contribution is 0.0967. The van der Waals surface area contributed by atoms with Crippen molar-refractivity contribution >= 4 is 34.2 Å². The summed E-state index contributed by atoms with van der Waals surface area (Å²) in [4.78, 5) is 26.2. The summed E-state index contributed by atoms with van der Waals surface area (Å²) in [6.45, 7) is 0. The van der Waals surface area contributed by atoms with Gasteiger partial charge in [-0.1, -0.05) is 48.5 Å². The molecule has 0 unspecified atom stereocenters. The molecule has 0 spiro atoms. The molecule has 0 bridgehead atoms. The van der Waals surface area contributed by atoms with Crippen LogP contribution in [0.15, 0.2) is 78.9 Å². The Morgan fingerprint density at radius 3 is 2.31 bits per heavy atom. The van der Waals surface area contributed by atoms with E-state index in [1.54, 1.807) is 66.7 Å². The summed E-state index contributed by atoms with van der Waals surface area (Å²) in [5.41, 5.74) is 8.15. The Morgan fingerprint density at radius 2 is 1.55 bits per heavy atom. The van der Waals surface area contributed by atoms with Crippen LogP contribution in [0.1, 0.15) is 20.7 Å². The number of nitrogens with zero attached hydrogens (tertiary/aromatic N) is 1. The van der Waals surface area contributed by atoms with E-state index in [0.717, 1.165) is 0 Å². The Labute approximate surface area is 167 Å². The van der Waals surface area contributed by atoms with E-state index in [-0.39, 0.29) is 17.3 Å². The largest absolute Gasteiger partial charge is 0.495 e. The molecule has 4 aromatic rings. The van der Waals surface area contributed by atoms with Crippen molar-refractivity contribution in [2.75, 3.05) is 18.2 Å². The fourth-order valence-corrected chi connectivity index (χ4v) is 3.36. The molecule has 0 aliphatic heterocycles. The number of methoxy groups -OCH3 is 1. The number of carbonyl (C=O) groups excluding carboxylic acids is 2. The summed E-state index contributed by atoms with van der Waals surface area (Å²) < 4.78 is 6.67. The number of nitrogen functional groups attached to an aromatic ring is 1. The molecular weight excluding hydrogens is 366 g/mol. The minimum absolute atomic E-state index is 0.0902. The number of nitrogens with two attached hydrogens (primary N) is 1. The molecule has 0 saturated heterocycles. The van der Waals surface area contributed by atoms with Crippen LogP contribution in [0.25, 0.3) is 10.9 Å². The first kappa shape index (κ1) is 18.3. The van der Waals surface area contributed by atoms with Crippen molar-refractivity contribution in [3.63, 3.8) is 0 Å². The second kappa shape index (κ2) is 7.52. The van der Waals surface area contributed by atoms with E-state index < -0.39 is 5.91 Å². The molecule has 1 aromatic heterocycles. The number of benzene rings is 3. The molecule has 0 fully saturated rings. The van der Waals surface area contributed by atoms with Crippen LogP contribution in [0.4, 0.5) is 11.5 Å². The highest BCUT2D eigenvalue weighted by molar-refractivity contribution is 6.20. The monoisotopic (exact) mass is 385 g/mol. The summed E-state index contributed by atoms with van der Waals surface area (Å²) in [5.74, 6) is -0.0885. The molecule has 0 aliphatic carbocycles. The maximum Gasteiger partial charge on any atom is 0.263 e. The van der Waals surface area contributed by atoms with Crippen molar-refractivity contribution in [2.45, 2.75) is 0 Å². The van der Waals surface area contributed by atoms with Gasteiger partial charge in [-0.05, 0) is 30.3 Å². The zero-order valence-corrected chi connectivity index (χ0v) is 15.8. The fraction of sp³-hybridized carbons (Fsp3) is 0.0435. The third-order valence-electron chi connectivity index (χ3n) is 4.72. The highest BCUT2D eigenvalue weighted by atomic mass is 16.5. The van der Waals surface area contributed by atoms with E-state index in [9.17, 15) is 9.59 Å². The molecule has 6 heteroatoms. The summed E-state index contributed by atoms with van der Waals surface area (Å²) in [7, 11) is 1.53. The Kier molecular flexibility index (Phi) is 4.75. The molecule has 0 aliphatic rings.